The van der Waals surface area contributed by atoms with E-state index in [1.54, 1.807) is 12.4 Å². The normalized spacial score (nSPS) is 12.5. The van der Waals surface area contributed by atoms with Gasteiger partial charge in [0.25, 0.3) is 0 Å². The van der Waals surface area contributed by atoms with Gasteiger partial charge in [0.15, 0.2) is 0 Å². The van der Waals surface area contributed by atoms with Crippen molar-refractivity contribution < 1.29 is 9.47 Å². The maximum atomic E-state index is 5.90. The van der Waals surface area contributed by atoms with Crippen molar-refractivity contribution in [3.05, 3.63) is 68.4 Å². The zero-order valence-electron chi connectivity index (χ0n) is 26.8. The summed E-state index contributed by atoms with van der Waals surface area (Å²) in [5.74, 6) is 7.38. The summed E-state index contributed by atoms with van der Waals surface area (Å²) < 4.78 is 13.7. The fraction of sp³-hybridized carbons (Fsp3) is 0.515. The minimum absolute atomic E-state index is 0.656. The van der Waals surface area contributed by atoms with E-state index in [1.165, 1.54) is 11.1 Å². The molecule has 2 aromatic rings. The summed E-state index contributed by atoms with van der Waals surface area (Å²) >= 11 is 7.27. The third-order valence-electron chi connectivity index (χ3n) is 6.79. The van der Waals surface area contributed by atoms with Gasteiger partial charge in [-0.15, -0.1) is 0 Å². The number of hydrogen-bond acceptors (Lipinski definition) is 9. The van der Waals surface area contributed by atoms with Gasteiger partial charge in [-0.3, -0.25) is 4.99 Å². The Balaban J connectivity index is 1.67. The molecular weight excluding hydrogens is 686 g/mol. The Morgan fingerprint density at radius 1 is 0.841 bits per heavy atom. The van der Waals surface area contributed by atoms with E-state index in [0.29, 0.717) is 19.8 Å². The van der Waals surface area contributed by atoms with Crippen LogP contribution in [0, 0.1) is 0 Å². The van der Waals surface area contributed by atoms with Crippen molar-refractivity contribution in [1.29, 1.82) is 0 Å². The van der Waals surface area contributed by atoms with Crippen molar-refractivity contribution in [2.45, 2.75) is 44.9 Å². The summed E-state index contributed by atoms with van der Waals surface area (Å²) in [6.45, 7) is 4.86. The number of halogens is 2. The highest BCUT2D eigenvalue weighted by molar-refractivity contribution is 9.10. The lowest BCUT2D eigenvalue weighted by Crippen LogP contribution is -2.18. The van der Waals surface area contributed by atoms with Crippen LogP contribution >= 0.6 is 31.9 Å². The molecule has 9 nitrogen and oxygen atoms in total. The first kappa shape index (κ1) is 37.6. The molecule has 5 N–H and O–H groups in total. The third kappa shape index (κ3) is 15.9. The molecule has 244 valence electrons. The lowest BCUT2D eigenvalue weighted by atomic mass is 10.1. The molecule has 0 unspecified atom stereocenters. The second-order valence-corrected chi connectivity index (χ2v) is 12.9. The van der Waals surface area contributed by atoms with Gasteiger partial charge in [0, 0.05) is 44.3 Å². The standard InChI is InChI=1S/C33H51Br2N7O2/c1-41(2)18-6-20-43-32-12-10-26(22-30(32)34)14-16-38-25-29(40-37)9-5-8-28(24-36)39-17-15-27-11-13-33(31(35)23-27)44-21-7-19-42(3)4/h10-13,22-25,39H,5-9,14-21,36-37H2,1-4H3/b28-24-,38-25?,40-29?. The smallest absolute Gasteiger partial charge is 0.133 e. The Bertz CT molecular complexity index is 1200. The maximum Gasteiger partial charge on any atom is 0.133 e. The lowest BCUT2D eigenvalue weighted by Gasteiger charge is -2.13. The second kappa shape index (κ2) is 22.0. The number of aliphatic imine (C=N–C) groups is 1. The van der Waals surface area contributed by atoms with Crippen LogP contribution in [0.2, 0.25) is 0 Å². The number of allylic oxidation sites excluding steroid dienone is 1. The largest absolute Gasteiger partial charge is 0.492 e. The van der Waals surface area contributed by atoms with Crippen molar-refractivity contribution in [3.63, 3.8) is 0 Å². The Morgan fingerprint density at radius 2 is 1.41 bits per heavy atom. The van der Waals surface area contributed by atoms with Crippen LogP contribution in [0.4, 0.5) is 0 Å². The average Bonchev–Trinajstić information content (AvgIpc) is 2.99. The van der Waals surface area contributed by atoms with Gasteiger partial charge in [-0.2, -0.15) is 5.10 Å². The van der Waals surface area contributed by atoms with E-state index in [4.69, 9.17) is 21.1 Å². The first-order valence-electron chi connectivity index (χ1n) is 15.2. The summed E-state index contributed by atoms with van der Waals surface area (Å²) in [6, 6.07) is 12.5. The molecule has 0 fully saturated rings. The van der Waals surface area contributed by atoms with Crippen LogP contribution in [0.25, 0.3) is 0 Å². The van der Waals surface area contributed by atoms with E-state index in [1.807, 2.05) is 12.1 Å². The molecule has 0 spiro atoms. The van der Waals surface area contributed by atoms with Gasteiger partial charge in [0.05, 0.1) is 27.9 Å². The van der Waals surface area contributed by atoms with Crippen molar-refractivity contribution in [1.82, 2.24) is 15.1 Å². The number of nitrogens with one attached hydrogen (secondary N) is 1. The quantitative estimate of drug-likeness (QED) is 0.0624. The summed E-state index contributed by atoms with van der Waals surface area (Å²) in [5, 5.41) is 7.39. The first-order valence-corrected chi connectivity index (χ1v) is 16.8. The molecule has 0 bridgehead atoms. The SMILES string of the molecule is CN(C)CCCOc1ccc(CCN=CC(CCC/C(=C/N)NCCc2ccc(OCCCN(C)C)c(Br)c2)=NN)cc1Br. The Kier molecular flexibility index (Phi) is 18.8. The molecule has 2 aromatic carbocycles. The number of hydrazone groups is 1. The molecule has 0 aliphatic carbocycles. The summed E-state index contributed by atoms with van der Waals surface area (Å²) in [5.41, 5.74) is 10.1. The van der Waals surface area contributed by atoms with Gasteiger partial charge in [-0.25, -0.2) is 0 Å². The maximum absolute atomic E-state index is 5.90. The van der Waals surface area contributed by atoms with E-state index in [9.17, 15) is 0 Å². The van der Waals surface area contributed by atoms with Crippen LogP contribution in [-0.4, -0.2) is 89.3 Å². The zero-order valence-corrected chi connectivity index (χ0v) is 30.0. The molecule has 0 saturated carbocycles. The highest BCUT2D eigenvalue weighted by atomic mass is 79.9. The number of rotatable bonds is 22. The van der Waals surface area contributed by atoms with E-state index >= 15 is 0 Å². The molecule has 0 aromatic heterocycles. The number of nitrogens with zero attached hydrogens (tertiary/aromatic N) is 4. The monoisotopic (exact) mass is 735 g/mol. The Labute approximate surface area is 281 Å². The minimum atomic E-state index is 0.656. The van der Waals surface area contributed by atoms with Crippen molar-refractivity contribution in [2.24, 2.45) is 21.7 Å². The van der Waals surface area contributed by atoms with Crippen LogP contribution in [-0.2, 0) is 12.8 Å². The third-order valence-corrected chi connectivity index (χ3v) is 8.03. The van der Waals surface area contributed by atoms with Gasteiger partial charge in [0.2, 0.25) is 0 Å². The summed E-state index contributed by atoms with van der Waals surface area (Å²) in [4.78, 5) is 8.87. The van der Waals surface area contributed by atoms with E-state index in [0.717, 1.165) is 96.4 Å². The van der Waals surface area contributed by atoms with Crippen molar-refractivity contribution in [3.8, 4) is 11.5 Å². The summed E-state index contributed by atoms with van der Waals surface area (Å²) in [6.07, 6.45) is 9.51. The average molecular weight is 738 g/mol. The van der Waals surface area contributed by atoms with E-state index in [-0.39, 0.29) is 0 Å². The predicted octanol–water partition coefficient (Wildman–Crippen LogP) is 5.60. The molecule has 0 amide bonds. The second-order valence-electron chi connectivity index (χ2n) is 11.2. The fourth-order valence-corrected chi connectivity index (χ4v) is 5.42. The number of nitrogens with two attached hydrogens (primary N) is 2. The molecule has 0 atom stereocenters. The molecule has 0 saturated heterocycles. The van der Waals surface area contributed by atoms with E-state index in [2.05, 4.69) is 110 Å². The Hall–Kier alpha value is -2.60. The Morgan fingerprint density at radius 3 is 1.91 bits per heavy atom. The van der Waals surface area contributed by atoms with Crippen LogP contribution < -0.4 is 26.4 Å². The molecule has 0 aliphatic heterocycles. The number of hydrogen-bond donors (Lipinski definition) is 3. The molecule has 0 heterocycles. The summed E-state index contributed by atoms with van der Waals surface area (Å²) in [7, 11) is 8.27. The molecular formula is C33H51Br2N7O2. The predicted molar refractivity (Wildman–Crippen MR) is 192 cm³/mol. The lowest BCUT2D eigenvalue weighted by molar-refractivity contribution is 0.280. The van der Waals surface area contributed by atoms with Crippen LogP contribution in [0.3, 0.4) is 0 Å². The van der Waals surface area contributed by atoms with E-state index < -0.39 is 0 Å². The van der Waals surface area contributed by atoms with Gasteiger partial charge >= 0.3 is 0 Å². The van der Waals surface area contributed by atoms with Crippen molar-refractivity contribution in [2.75, 3.05) is 67.6 Å². The highest BCUT2D eigenvalue weighted by Crippen LogP contribution is 2.27. The topological polar surface area (TPSA) is 114 Å². The van der Waals surface area contributed by atoms with Crippen LogP contribution in [0.5, 0.6) is 11.5 Å². The van der Waals surface area contributed by atoms with Gasteiger partial charge in [-0.05, 0) is 140 Å². The minimum Gasteiger partial charge on any atom is -0.492 e. The molecule has 2 rings (SSSR count). The van der Waals surface area contributed by atoms with Gasteiger partial charge < -0.3 is 36.2 Å². The zero-order chi connectivity index (χ0) is 32.2. The van der Waals surface area contributed by atoms with Crippen LogP contribution in [0.15, 0.2) is 67.3 Å². The highest BCUT2D eigenvalue weighted by Gasteiger charge is 2.06. The van der Waals surface area contributed by atoms with Gasteiger partial charge in [-0.1, -0.05) is 12.1 Å². The number of ether oxygens (including phenoxy) is 2. The first-order chi connectivity index (χ1) is 21.2. The number of benzene rings is 2. The fourth-order valence-electron chi connectivity index (χ4n) is 4.34. The van der Waals surface area contributed by atoms with Crippen molar-refractivity contribution >= 4 is 43.8 Å². The molecule has 0 aliphatic rings. The molecule has 44 heavy (non-hydrogen) atoms. The van der Waals surface area contributed by atoms with Crippen LogP contribution in [0.1, 0.15) is 43.2 Å². The molecule has 11 heteroatoms. The van der Waals surface area contributed by atoms with Gasteiger partial charge in [0.1, 0.15) is 11.5 Å². The molecule has 0 radical (unpaired) electrons.